The van der Waals surface area contributed by atoms with Crippen molar-refractivity contribution in [2.45, 2.75) is 55.2 Å². The lowest BCUT2D eigenvalue weighted by atomic mass is 9.74. The van der Waals surface area contributed by atoms with Crippen LogP contribution >= 0.6 is 11.8 Å². The van der Waals surface area contributed by atoms with Crippen LogP contribution in [0.1, 0.15) is 44.1 Å². The van der Waals surface area contributed by atoms with Gasteiger partial charge in [-0.25, -0.2) is 4.98 Å². The SMILES string of the molecule is COCC1(CNC(=O)CC2Sc3ncccc3CC2=O)CCCCC1. The van der Waals surface area contributed by atoms with Gasteiger partial charge in [-0.2, -0.15) is 0 Å². The van der Waals surface area contributed by atoms with Gasteiger partial charge in [-0.1, -0.05) is 37.1 Å². The zero-order valence-electron chi connectivity index (χ0n) is 14.8. The van der Waals surface area contributed by atoms with Crippen molar-refractivity contribution in [3.8, 4) is 0 Å². The summed E-state index contributed by atoms with van der Waals surface area (Å²) in [6.45, 7) is 1.32. The van der Waals surface area contributed by atoms with E-state index in [4.69, 9.17) is 4.74 Å². The predicted molar refractivity (Wildman–Crippen MR) is 97.6 cm³/mol. The van der Waals surface area contributed by atoms with E-state index < -0.39 is 0 Å². The number of rotatable bonds is 6. The average molecular weight is 362 g/mol. The van der Waals surface area contributed by atoms with E-state index in [-0.39, 0.29) is 28.8 Å². The molecule has 1 amide bonds. The van der Waals surface area contributed by atoms with Crippen molar-refractivity contribution in [1.29, 1.82) is 0 Å². The molecule has 1 unspecified atom stereocenters. The number of nitrogens with zero attached hydrogens (tertiary/aromatic N) is 1. The van der Waals surface area contributed by atoms with Gasteiger partial charge < -0.3 is 10.1 Å². The first-order valence-electron chi connectivity index (χ1n) is 9.01. The number of pyridine rings is 1. The molecule has 1 aliphatic heterocycles. The number of aromatic nitrogens is 1. The minimum atomic E-state index is -0.327. The molecule has 6 heteroatoms. The molecule has 0 radical (unpaired) electrons. The third kappa shape index (κ3) is 4.61. The van der Waals surface area contributed by atoms with Gasteiger partial charge in [0, 0.05) is 38.1 Å². The lowest BCUT2D eigenvalue weighted by Crippen LogP contribution is -2.43. The average Bonchev–Trinajstić information content (AvgIpc) is 2.62. The van der Waals surface area contributed by atoms with Crippen molar-refractivity contribution in [1.82, 2.24) is 10.3 Å². The Morgan fingerprint density at radius 2 is 2.20 bits per heavy atom. The fourth-order valence-electron chi connectivity index (χ4n) is 3.83. The van der Waals surface area contributed by atoms with Gasteiger partial charge in [0.2, 0.25) is 5.91 Å². The van der Waals surface area contributed by atoms with Crippen molar-refractivity contribution in [3.63, 3.8) is 0 Å². The van der Waals surface area contributed by atoms with Crippen LogP contribution in [0.3, 0.4) is 0 Å². The first kappa shape index (κ1) is 18.4. The maximum absolute atomic E-state index is 12.4. The minimum Gasteiger partial charge on any atom is -0.384 e. The number of amides is 1. The highest BCUT2D eigenvalue weighted by Crippen LogP contribution is 2.36. The molecular weight excluding hydrogens is 336 g/mol. The van der Waals surface area contributed by atoms with Crippen LogP contribution < -0.4 is 5.32 Å². The zero-order chi connectivity index (χ0) is 17.7. The Hall–Kier alpha value is -1.40. The van der Waals surface area contributed by atoms with Crippen LogP contribution in [0.4, 0.5) is 0 Å². The number of fused-ring (bicyclic) bond motifs is 1. The molecule has 1 fully saturated rings. The highest BCUT2D eigenvalue weighted by molar-refractivity contribution is 8.00. The highest BCUT2D eigenvalue weighted by Gasteiger charge is 2.34. The number of methoxy groups -OCH3 is 1. The molecule has 25 heavy (non-hydrogen) atoms. The molecule has 1 saturated carbocycles. The van der Waals surface area contributed by atoms with Crippen LogP contribution in [0.5, 0.6) is 0 Å². The number of carbonyl (C=O) groups is 2. The van der Waals surface area contributed by atoms with Gasteiger partial charge in [0.25, 0.3) is 0 Å². The molecule has 2 aliphatic rings. The number of nitrogens with one attached hydrogen (secondary N) is 1. The number of thioether (sulfide) groups is 1. The van der Waals surface area contributed by atoms with E-state index in [1.165, 1.54) is 31.0 Å². The van der Waals surface area contributed by atoms with Crippen molar-refractivity contribution >= 4 is 23.5 Å². The Morgan fingerprint density at radius 1 is 1.40 bits per heavy atom. The second kappa shape index (κ2) is 8.32. The Morgan fingerprint density at radius 3 is 2.96 bits per heavy atom. The van der Waals surface area contributed by atoms with Gasteiger partial charge >= 0.3 is 0 Å². The minimum absolute atomic E-state index is 0.0497. The lowest BCUT2D eigenvalue weighted by molar-refractivity contribution is -0.125. The van der Waals surface area contributed by atoms with Gasteiger partial charge in [0.15, 0.2) is 5.78 Å². The van der Waals surface area contributed by atoms with Crippen molar-refractivity contribution in [3.05, 3.63) is 23.9 Å². The van der Waals surface area contributed by atoms with Crippen LogP contribution in [0, 0.1) is 5.41 Å². The maximum atomic E-state index is 12.4. The van der Waals surface area contributed by atoms with Crippen LogP contribution in [0.15, 0.2) is 23.4 Å². The number of carbonyl (C=O) groups excluding carboxylic acids is 2. The molecule has 0 saturated heterocycles. The number of hydrogen-bond acceptors (Lipinski definition) is 5. The molecule has 0 spiro atoms. The summed E-state index contributed by atoms with van der Waals surface area (Å²) in [4.78, 5) is 29.1. The lowest BCUT2D eigenvalue weighted by Gasteiger charge is -2.37. The van der Waals surface area contributed by atoms with E-state index in [9.17, 15) is 9.59 Å². The predicted octanol–water partition coefficient (Wildman–Crippen LogP) is 2.77. The summed E-state index contributed by atoms with van der Waals surface area (Å²) in [7, 11) is 1.72. The summed E-state index contributed by atoms with van der Waals surface area (Å²) < 4.78 is 5.41. The first-order valence-corrected chi connectivity index (χ1v) is 9.89. The molecule has 136 valence electrons. The van der Waals surface area contributed by atoms with E-state index in [1.807, 2.05) is 12.1 Å². The summed E-state index contributed by atoms with van der Waals surface area (Å²) in [5.41, 5.74) is 1.02. The fourth-order valence-corrected chi connectivity index (χ4v) is 4.96. The molecule has 0 aromatic carbocycles. The van der Waals surface area contributed by atoms with Crippen LogP contribution in [0.25, 0.3) is 0 Å². The van der Waals surface area contributed by atoms with Crippen molar-refractivity contribution < 1.29 is 14.3 Å². The normalized spacial score (nSPS) is 22.3. The van der Waals surface area contributed by atoms with Crippen LogP contribution in [-0.2, 0) is 20.7 Å². The van der Waals surface area contributed by atoms with E-state index in [0.29, 0.717) is 19.6 Å². The quantitative estimate of drug-likeness (QED) is 0.843. The smallest absolute Gasteiger partial charge is 0.221 e. The van der Waals surface area contributed by atoms with Gasteiger partial charge in [-0.15, -0.1) is 0 Å². The van der Waals surface area contributed by atoms with Crippen LogP contribution in [0.2, 0.25) is 0 Å². The number of Topliss-reactive ketones (excluding diaryl/α,β-unsaturated/α-hetero) is 1. The Labute approximate surface area is 153 Å². The second-order valence-corrected chi connectivity index (χ2v) is 8.38. The summed E-state index contributed by atoms with van der Waals surface area (Å²) >= 11 is 1.42. The third-order valence-electron chi connectivity index (χ3n) is 5.22. The van der Waals surface area contributed by atoms with E-state index >= 15 is 0 Å². The first-order chi connectivity index (χ1) is 12.1. The van der Waals surface area contributed by atoms with Crippen molar-refractivity contribution in [2.75, 3.05) is 20.3 Å². The van der Waals surface area contributed by atoms with Gasteiger partial charge in [0.05, 0.1) is 11.9 Å². The highest BCUT2D eigenvalue weighted by atomic mass is 32.2. The van der Waals surface area contributed by atoms with Gasteiger partial charge in [-0.3, -0.25) is 9.59 Å². The zero-order valence-corrected chi connectivity index (χ0v) is 15.6. The van der Waals surface area contributed by atoms with E-state index in [2.05, 4.69) is 10.3 Å². The number of hydrogen-bond donors (Lipinski definition) is 1. The topological polar surface area (TPSA) is 68.3 Å². The van der Waals surface area contributed by atoms with E-state index in [0.717, 1.165) is 23.4 Å². The Kier molecular flexibility index (Phi) is 6.12. The molecule has 1 N–H and O–H groups in total. The molecule has 1 aromatic rings. The number of ketones is 1. The van der Waals surface area contributed by atoms with Crippen molar-refractivity contribution in [2.24, 2.45) is 5.41 Å². The molecule has 1 aliphatic carbocycles. The molecule has 3 rings (SSSR count). The Balaban J connectivity index is 1.54. The van der Waals surface area contributed by atoms with E-state index in [1.54, 1.807) is 13.3 Å². The number of ether oxygens (including phenoxy) is 1. The summed E-state index contributed by atoms with van der Waals surface area (Å²) in [6.07, 6.45) is 8.17. The third-order valence-corrected chi connectivity index (χ3v) is 6.53. The summed E-state index contributed by atoms with van der Waals surface area (Å²) in [5, 5.41) is 3.62. The monoisotopic (exact) mass is 362 g/mol. The summed E-state index contributed by atoms with van der Waals surface area (Å²) in [5.74, 6) is 0.0659. The molecule has 1 atom stereocenters. The molecule has 2 heterocycles. The van der Waals surface area contributed by atoms with Gasteiger partial charge in [0.1, 0.15) is 5.03 Å². The molecule has 1 aromatic heterocycles. The second-order valence-electron chi connectivity index (χ2n) is 7.19. The fraction of sp³-hybridized carbons (Fsp3) is 0.632. The standard InChI is InChI=1S/C19H26N2O3S/c1-24-13-19(7-3-2-4-8-19)12-21-17(23)11-16-15(22)10-14-6-5-9-20-18(14)25-16/h5-6,9,16H,2-4,7-8,10-13H2,1H3,(H,21,23). The molecule has 5 nitrogen and oxygen atoms in total. The Bertz CT molecular complexity index is 623. The largest absolute Gasteiger partial charge is 0.384 e. The summed E-state index contributed by atoms with van der Waals surface area (Å²) in [6, 6.07) is 3.78. The molecule has 0 bridgehead atoms. The van der Waals surface area contributed by atoms with Crippen LogP contribution in [-0.4, -0.2) is 42.2 Å². The molecular formula is C19H26N2O3S. The van der Waals surface area contributed by atoms with Gasteiger partial charge in [-0.05, 0) is 24.5 Å². The maximum Gasteiger partial charge on any atom is 0.221 e.